The molecule has 0 saturated heterocycles. The maximum Gasteiger partial charge on any atom is 0.373 e. The molecule has 2 aliphatic rings. The van der Waals surface area contributed by atoms with Gasteiger partial charge in [0.25, 0.3) is 0 Å². The molecule has 3 heterocycles. The summed E-state index contributed by atoms with van der Waals surface area (Å²) in [6.07, 6.45) is 8.11. The second-order valence-corrected chi connectivity index (χ2v) is 7.59. The third kappa shape index (κ3) is 3.27. The molecular formula is C25H22N2O4. The molecular weight excluding hydrogens is 392 g/mol. The number of aromatic nitrogens is 1. The van der Waals surface area contributed by atoms with Crippen molar-refractivity contribution in [2.75, 3.05) is 6.54 Å². The van der Waals surface area contributed by atoms with Gasteiger partial charge in [0.15, 0.2) is 5.78 Å². The third-order valence-corrected chi connectivity index (χ3v) is 6.15. The highest BCUT2D eigenvalue weighted by Crippen LogP contribution is 2.44. The summed E-state index contributed by atoms with van der Waals surface area (Å²) in [6.45, 7) is 3.03. The molecule has 3 aromatic rings. The Hall–Kier alpha value is -3.89. The van der Waals surface area contributed by atoms with Gasteiger partial charge < -0.3 is 15.0 Å². The van der Waals surface area contributed by atoms with Crippen LogP contribution in [-0.2, 0) is 21.5 Å². The molecule has 0 spiro atoms. The largest absolute Gasteiger partial charge is 0.507 e. The van der Waals surface area contributed by atoms with Crippen molar-refractivity contribution in [3.05, 3.63) is 89.3 Å². The average Bonchev–Trinajstić information content (AvgIpc) is 3.18. The minimum absolute atomic E-state index is 0.0191. The van der Waals surface area contributed by atoms with Crippen molar-refractivity contribution in [2.45, 2.75) is 25.3 Å². The number of carbonyl (C=O) groups excluding carboxylic acids is 3. The number of para-hydroxylation sites is 2. The minimum Gasteiger partial charge on any atom is -0.507 e. The van der Waals surface area contributed by atoms with Gasteiger partial charge in [-0.25, -0.2) is 0 Å². The smallest absolute Gasteiger partial charge is 0.373 e. The second-order valence-electron chi connectivity index (χ2n) is 7.59. The van der Waals surface area contributed by atoms with E-state index in [2.05, 4.69) is 47.1 Å². The number of fused-ring (bicyclic) bond motifs is 5. The number of aromatic hydroxyl groups is 1. The molecule has 0 fully saturated rings. The Morgan fingerprint density at radius 2 is 1.87 bits per heavy atom. The maximum absolute atomic E-state index is 13.0. The van der Waals surface area contributed by atoms with Crippen molar-refractivity contribution in [1.82, 2.24) is 9.88 Å². The fraction of sp³-hybridized carbons (Fsp3) is 0.200. The molecule has 6 nitrogen and oxygen atoms in total. The predicted molar refractivity (Wildman–Crippen MR) is 115 cm³/mol. The minimum atomic E-state index is -0.269. The molecule has 6 heteroatoms. The quantitative estimate of drug-likeness (QED) is 0.630. The normalized spacial score (nSPS) is 18.9. The Labute approximate surface area is 179 Å². The molecule has 0 radical (unpaired) electrons. The Bertz CT molecular complexity index is 1250. The van der Waals surface area contributed by atoms with E-state index in [1.54, 1.807) is 24.3 Å². The molecule has 5 rings (SSSR count). The lowest BCUT2D eigenvalue weighted by atomic mass is 9.80. The van der Waals surface area contributed by atoms with Gasteiger partial charge in [-0.3, -0.25) is 4.79 Å². The zero-order chi connectivity index (χ0) is 22.0. The summed E-state index contributed by atoms with van der Waals surface area (Å²) in [7, 11) is 0. The van der Waals surface area contributed by atoms with Gasteiger partial charge in [-0.1, -0.05) is 49.4 Å². The first-order valence-corrected chi connectivity index (χ1v) is 10.2. The molecule has 0 amide bonds. The Balaban J connectivity index is 0.000000730. The summed E-state index contributed by atoms with van der Waals surface area (Å²) < 4.78 is 0. The molecule has 2 aliphatic heterocycles. The zero-order valence-electron chi connectivity index (χ0n) is 17.1. The van der Waals surface area contributed by atoms with Crippen LogP contribution in [0.1, 0.15) is 35.0 Å². The number of benzene rings is 2. The molecule has 0 saturated carbocycles. The fourth-order valence-electron chi connectivity index (χ4n) is 4.66. The molecule has 156 valence electrons. The highest BCUT2D eigenvalue weighted by molar-refractivity contribution is 6.12. The Kier molecular flexibility index (Phi) is 5.32. The lowest BCUT2D eigenvalue weighted by molar-refractivity contribution is -0.191. The van der Waals surface area contributed by atoms with Gasteiger partial charge >= 0.3 is 6.15 Å². The van der Waals surface area contributed by atoms with Crippen molar-refractivity contribution in [2.24, 2.45) is 0 Å². The monoisotopic (exact) mass is 414 g/mol. The van der Waals surface area contributed by atoms with Crippen molar-refractivity contribution >= 4 is 22.8 Å². The fourth-order valence-corrected chi connectivity index (χ4v) is 4.66. The summed E-state index contributed by atoms with van der Waals surface area (Å²) in [4.78, 5) is 35.1. The van der Waals surface area contributed by atoms with Gasteiger partial charge in [0.05, 0.1) is 11.1 Å². The summed E-state index contributed by atoms with van der Waals surface area (Å²) >= 11 is 0. The number of nitrogens with zero attached hydrogens (tertiary/aromatic N) is 1. The first-order valence-electron chi connectivity index (χ1n) is 10.2. The summed E-state index contributed by atoms with van der Waals surface area (Å²) in [5.74, 6) is -0.132. The number of aromatic amines is 1. The van der Waals surface area contributed by atoms with E-state index < -0.39 is 0 Å². The number of rotatable bonds is 3. The molecule has 1 unspecified atom stereocenters. The number of phenols is 1. The number of carbonyl (C=O) groups is 1. The average molecular weight is 414 g/mol. The van der Waals surface area contributed by atoms with E-state index in [-0.39, 0.29) is 23.2 Å². The number of nitrogens with one attached hydrogen (secondary N) is 1. The Morgan fingerprint density at radius 1 is 1.16 bits per heavy atom. The summed E-state index contributed by atoms with van der Waals surface area (Å²) in [5.41, 5.74) is 4.44. The molecule has 2 aromatic carbocycles. The third-order valence-electron chi connectivity index (χ3n) is 6.15. The summed E-state index contributed by atoms with van der Waals surface area (Å²) in [5, 5.41) is 11.4. The van der Waals surface area contributed by atoms with E-state index in [1.165, 1.54) is 16.6 Å². The molecule has 0 aliphatic carbocycles. The van der Waals surface area contributed by atoms with Crippen LogP contribution in [0.2, 0.25) is 0 Å². The topological polar surface area (TPSA) is 90.5 Å². The standard InChI is InChI=1S/C24H22N2O2.CO2/c1-2-24-13-11-16(22(28)19-8-4-6-10-21(19)27)15-26(24)14-12-18-17-7-3-5-9-20(17)25-23(18)24;2-1-3/h3-11,13,15,25,27H,2,12,14H2,1H3;. The number of hydrogen-bond acceptors (Lipinski definition) is 5. The van der Waals surface area contributed by atoms with Crippen LogP contribution in [0.25, 0.3) is 10.9 Å². The molecule has 31 heavy (non-hydrogen) atoms. The predicted octanol–water partition coefficient (Wildman–Crippen LogP) is 4.09. The van der Waals surface area contributed by atoms with Crippen LogP contribution >= 0.6 is 0 Å². The van der Waals surface area contributed by atoms with Gasteiger partial charge in [0.1, 0.15) is 5.75 Å². The number of allylic oxidation sites excluding steroid dienone is 2. The van der Waals surface area contributed by atoms with E-state index in [1.807, 2.05) is 12.3 Å². The lowest BCUT2D eigenvalue weighted by Crippen LogP contribution is -2.47. The molecule has 1 aromatic heterocycles. The van der Waals surface area contributed by atoms with Crippen LogP contribution in [-0.4, -0.2) is 33.5 Å². The molecule has 1 atom stereocenters. The first-order chi connectivity index (χ1) is 15.1. The Morgan fingerprint density at radius 3 is 2.61 bits per heavy atom. The van der Waals surface area contributed by atoms with Gasteiger partial charge in [0, 0.05) is 34.9 Å². The maximum atomic E-state index is 13.0. The van der Waals surface area contributed by atoms with Crippen LogP contribution < -0.4 is 0 Å². The van der Waals surface area contributed by atoms with Crippen LogP contribution in [0.3, 0.4) is 0 Å². The highest BCUT2D eigenvalue weighted by Gasteiger charge is 2.42. The van der Waals surface area contributed by atoms with Crippen molar-refractivity contribution in [1.29, 1.82) is 0 Å². The second kappa shape index (κ2) is 8.09. The molecule has 2 N–H and O–H groups in total. The van der Waals surface area contributed by atoms with Crippen LogP contribution in [0.15, 0.2) is 72.5 Å². The van der Waals surface area contributed by atoms with Crippen molar-refractivity contribution in [3.63, 3.8) is 0 Å². The van der Waals surface area contributed by atoms with E-state index in [0.29, 0.717) is 11.1 Å². The molecule has 0 bridgehead atoms. The van der Waals surface area contributed by atoms with E-state index in [0.717, 1.165) is 24.9 Å². The van der Waals surface area contributed by atoms with Crippen LogP contribution in [0.5, 0.6) is 5.75 Å². The SMILES string of the molecule is CCC12C=CC(C(=O)c3ccccc3O)=CN1CCc1c2[nH]c2ccccc12.O=C=O. The van der Waals surface area contributed by atoms with Gasteiger partial charge in [-0.2, -0.15) is 9.59 Å². The van der Waals surface area contributed by atoms with E-state index >= 15 is 0 Å². The zero-order valence-corrected chi connectivity index (χ0v) is 17.1. The van der Waals surface area contributed by atoms with Crippen molar-refractivity contribution in [3.8, 4) is 5.75 Å². The lowest BCUT2D eigenvalue weighted by Gasteiger charge is -2.46. The number of ketones is 1. The number of phenolic OH excluding ortho intramolecular Hbond substituents is 1. The van der Waals surface area contributed by atoms with Crippen molar-refractivity contribution < 1.29 is 19.5 Å². The highest BCUT2D eigenvalue weighted by atomic mass is 16.3. The van der Waals surface area contributed by atoms with Gasteiger partial charge in [-0.15, -0.1) is 0 Å². The summed E-state index contributed by atoms with van der Waals surface area (Å²) in [6, 6.07) is 15.2. The van der Waals surface area contributed by atoms with E-state index in [9.17, 15) is 9.90 Å². The van der Waals surface area contributed by atoms with Crippen LogP contribution in [0.4, 0.5) is 0 Å². The van der Waals surface area contributed by atoms with Gasteiger partial charge in [-0.05, 0) is 36.6 Å². The first kappa shape index (κ1) is 20.4. The van der Waals surface area contributed by atoms with Gasteiger partial charge in [0.2, 0.25) is 0 Å². The number of Topliss-reactive ketones (excluding diaryl/α,β-unsaturated/α-hetero) is 1. The van der Waals surface area contributed by atoms with Crippen LogP contribution in [0, 0.1) is 0 Å². The number of hydrogen-bond donors (Lipinski definition) is 2. The van der Waals surface area contributed by atoms with E-state index in [4.69, 9.17) is 9.59 Å². The number of H-pyrrole nitrogens is 1.